The summed E-state index contributed by atoms with van der Waals surface area (Å²) < 4.78 is 32.0. The van der Waals surface area contributed by atoms with Gasteiger partial charge < -0.3 is 25.4 Å². The van der Waals surface area contributed by atoms with Gasteiger partial charge in [0, 0.05) is 55.6 Å². The summed E-state index contributed by atoms with van der Waals surface area (Å²) in [6, 6.07) is 13.3. The molecule has 3 amide bonds. The number of nitrogens with zero attached hydrogens (tertiary/aromatic N) is 8. The van der Waals surface area contributed by atoms with E-state index in [1.165, 1.54) is 17.4 Å². The van der Waals surface area contributed by atoms with Gasteiger partial charge in [0.2, 0.25) is 17.8 Å². The Hall–Kier alpha value is -6.40. The minimum Gasteiger partial charge on any atom is -0.368 e. The molecule has 18 heteroatoms. The maximum Gasteiger partial charge on any atom is 0.259 e. The molecule has 1 fully saturated rings. The van der Waals surface area contributed by atoms with Gasteiger partial charge in [-0.25, -0.2) is 33.7 Å². The van der Waals surface area contributed by atoms with E-state index in [-0.39, 0.29) is 66.0 Å². The number of carbonyl (C=O) groups is 3. The zero-order valence-electron chi connectivity index (χ0n) is 33.3. The smallest absolute Gasteiger partial charge is 0.259 e. The number of pyridine rings is 1. The lowest BCUT2D eigenvalue weighted by Gasteiger charge is -2.35. The van der Waals surface area contributed by atoms with Crippen molar-refractivity contribution in [3.63, 3.8) is 0 Å². The molecule has 0 spiro atoms. The number of carbonyl (C=O) groups excluding carboxylic acids is 3. The van der Waals surface area contributed by atoms with E-state index in [2.05, 4.69) is 51.1 Å². The Bertz CT molecular complexity index is 2500. The van der Waals surface area contributed by atoms with E-state index < -0.39 is 11.6 Å². The predicted octanol–water partition coefficient (Wildman–Crippen LogP) is 6.39. The van der Waals surface area contributed by atoms with Gasteiger partial charge in [0.25, 0.3) is 5.91 Å². The van der Waals surface area contributed by atoms with Crippen LogP contribution in [0.5, 0.6) is 0 Å². The summed E-state index contributed by atoms with van der Waals surface area (Å²) in [4.78, 5) is 65.3. The number of para-hydroxylation sites is 1. The molecule has 15 nitrogen and oxygen atoms in total. The van der Waals surface area contributed by atoms with Crippen molar-refractivity contribution in [3.8, 4) is 11.3 Å². The molecule has 5 heterocycles. The summed E-state index contributed by atoms with van der Waals surface area (Å²) in [7, 11) is 0. The largest absolute Gasteiger partial charge is 0.368 e. The van der Waals surface area contributed by atoms with Gasteiger partial charge in [-0.1, -0.05) is 12.1 Å². The Labute approximate surface area is 343 Å². The lowest BCUT2D eigenvalue weighted by atomic mass is 10.1. The van der Waals surface area contributed by atoms with E-state index in [0.717, 1.165) is 22.5 Å². The summed E-state index contributed by atoms with van der Waals surface area (Å²) in [6.45, 7) is 12.5. The minimum atomic E-state index is -0.691. The highest BCUT2D eigenvalue weighted by Gasteiger charge is 2.22. The summed E-state index contributed by atoms with van der Waals surface area (Å²) in [5, 5.41) is 11.9. The highest BCUT2D eigenvalue weighted by molar-refractivity contribution is 7.15. The number of benzene rings is 2. The number of fused-ring (bicyclic) bond motifs is 1. The number of amides is 3. The van der Waals surface area contributed by atoms with Crippen molar-refractivity contribution in [2.75, 3.05) is 60.1 Å². The Kier molecular flexibility index (Phi) is 12.2. The van der Waals surface area contributed by atoms with Crippen molar-refractivity contribution in [3.05, 3.63) is 94.5 Å². The average Bonchev–Trinajstić information content (AvgIpc) is 3.72. The molecule has 7 rings (SSSR count). The number of thiazole rings is 1. The molecule has 306 valence electrons. The van der Waals surface area contributed by atoms with E-state index >= 15 is 8.78 Å². The van der Waals surface area contributed by atoms with Crippen LogP contribution in [-0.2, 0) is 9.59 Å². The van der Waals surface area contributed by atoms with Crippen LogP contribution in [0, 0.1) is 32.4 Å². The third-order valence-corrected chi connectivity index (χ3v) is 10.9. The number of aryl methyl sites for hydroxylation is 3. The molecule has 59 heavy (non-hydrogen) atoms. The number of halogens is 2. The maximum absolute atomic E-state index is 15.1. The monoisotopic (exact) mass is 822 g/mol. The summed E-state index contributed by atoms with van der Waals surface area (Å²) in [6.07, 6.45) is 2.79. The highest BCUT2D eigenvalue weighted by Crippen LogP contribution is 2.31. The number of rotatable bonds is 13. The molecule has 0 unspecified atom stereocenters. The van der Waals surface area contributed by atoms with Crippen LogP contribution < -0.4 is 26.2 Å². The second-order valence-electron chi connectivity index (χ2n) is 14.4. The van der Waals surface area contributed by atoms with Crippen LogP contribution in [0.3, 0.4) is 0 Å². The number of hydrogen-bond donors (Lipinski definition) is 4. The summed E-state index contributed by atoms with van der Waals surface area (Å²) in [5.74, 6) is -0.948. The number of aromatic nitrogens is 6. The molecule has 0 radical (unpaired) electrons. The van der Waals surface area contributed by atoms with Gasteiger partial charge in [0.15, 0.2) is 16.8 Å². The molecular weight excluding hydrogens is 779 g/mol. The first-order valence-electron chi connectivity index (χ1n) is 19.1. The first-order valence-corrected chi connectivity index (χ1v) is 20.0. The topological polar surface area (TPSA) is 175 Å². The predicted molar refractivity (Wildman–Crippen MR) is 224 cm³/mol. The van der Waals surface area contributed by atoms with Gasteiger partial charge in [-0.3, -0.25) is 24.6 Å². The van der Waals surface area contributed by atoms with Crippen molar-refractivity contribution in [2.45, 2.75) is 47.1 Å². The summed E-state index contributed by atoms with van der Waals surface area (Å²) >= 11 is 1.38. The third-order valence-electron chi connectivity index (χ3n) is 9.92. The van der Waals surface area contributed by atoms with Gasteiger partial charge in [0.05, 0.1) is 47.1 Å². The molecule has 0 saturated carbocycles. The lowest BCUT2D eigenvalue weighted by molar-refractivity contribution is -0.122. The van der Waals surface area contributed by atoms with Gasteiger partial charge in [-0.2, -0.15) is 0 Å². The van der Waals surface area contributed by atoms with Crippen LogP contribution >= 0.6 is 11.3 Å². The quantitative estimate of drug-likeness (QED) is 0.102. The van der Waals surface area contributed by atoms with Crippen LogP contribution in [0.15, 0.2) is 60.9 Å². The second kappa shape index (κ2) is 17.6. The Morgan fingerprint density at radius 3 is 2.36 bits per heavy atom. The van der Waals surface area contributed by atoms with Crippen molar-refractivity contribution < 1.29 is 23.2 Å². The molecule has 6 aromatic rings. The number of nitrogens with one attached hydrogen (secondary N) is 4. The van der Waals surface area contributed by atoms with Gasteiger partial charge in [0.1, 0.15) is 22.9 Å². The molecule has 4 aromatic heterocycles. The fourth-order valence-corrected chi connectivity index (χ4v) is 7.69. The van der Waals surface area contributed by atoms with Crippen molar-refractivity contribution in [1.29, 1.82) is 0 Å². The van der Waals surface area contributed by atoms with Crippen molar-refractivity contribution >= 4 is 68.4 Å². The third kappa shape index (κ3) is 9.50. The SMILES string of the molecule is Cc1nc(NC(=O)c2ccccc2NC(=O)CCNC(=O)CN2CCN(c3ccc(Nc4ncc(F)c(-c5cc(F)c6nc(C)n(C(C)C)c6c5)n4)nc3)CC2)sc1C. The van der Waals surface area contributed by atoms with E-state index in [1.54, 1.807) is 49.5 Å². The molecular formula is C41H44F2N12O3S. The Morgan fingerprint density at radius 1 is 0.864 bits per heavy atom. The van der Waals surface area contributed by atoms with E-state index in [9.17, 15) is 14.4 Å². The van der Waals surface area contributed by atoms with Gasteiger partial charge in [-0.05, 0) is 71.0 Å². The Morgan fingerprint density at radius 2 is 1.64 bits per heavy atom. The molecule has 2 aromatic carbocycles. The van der Waals surface area contributed by atoms with Crippen LogP contribution in [0.4, 0.5) is 37.1 Å². The van der Waals surface area contributed by atoms with Crippen LogP contribution in [0.2, 0.25) is 0 Å². The van der Waals surface area contributed by atoms with E-state index in [4.69, 9.17) is 0 Å². The van der Waals surface area contributed by atoms with Crippen molar-refractivity contribution in [1.82, 2.24) is 39.7 Å². The zero-order valence-corrected chi connectivity index (χ0v) is 34.1. The van der Waals surface area contributed by atoms with Crippen LogP contribution in [0.25, 0.3) is 22.3 Å². The summed E-state index contributed by atoms with van der Waals surface area (Å²) in [5.41, 5.74) is 3.41. The zero-order chi connectivity index (χ0) is 41.8. The first-order chi connectivity index (χ1) is 28.3. The molecule has 0 aliphatic carbocycles. The van der Waals surface area contributed by atoms with E-state index in [0.29, 0.717) is 59.7 Å². The molecule has 1 aliphatic rings. The Balaban J connectivity index is 0.863. The molecule has 0 bridgehead atoms. The van der Waals surface area contributed by atoms with E-state index in [1.807, 2.05) is 43.2 Å². The minimum absolute atomic E-state index is 0.0230. The fraction of sp³-hybridized carbons (Fsp3) is 0.317. The first kappa shape index (κ1) is 40.8. The van der Waals surface area contributed by atoms with Crippen molar-refractivity contribution in [2.24, 2.45) is 0 Å². The molecule has 4 N–H and O–H groups in total. The highest BCUT2D eigenvalue weighted by atomic mass is 32.1. The lowest BCUT2D eigenvalue weighted by Crippen LogP contribution is -2.49. The number of piperazine rings is 1. The molecule has 0 atom stereocenters. The number of imidazole rings is 1. The molecule has 1 aliphatic heterocycles. The standard InChI is InChI=1S/C41H44F2N12O3S/c1-23(2)55-26(5)48-38-30(42)18-27(19-33(38)55)37-31(43)21-46-40(51-37)50-34-11-10-28(20-45-34)54-16-14-53(15-17-54)22-36(57)44-13-12-35(56)49-32-9-7-6-8-29(32)39(58)52-41-47-24(3)25(4)59-41/h6-11,18-21,23H,12-17,22H2,1-5H3,(H,44,57)(H,49,56)(H,47,52,58)(H,45,46,50,51). The maximum atomic E-state index is 15.1. The van der Waals surface area contributed by atoms with Gasteiger partial charge in [-0.15, -0.1) is 11.3 Å². The second-order valence-corrected chi connectivity index (χ2v) is 15.6. The fourth-order valence-electron chi connectivity index (χ4n) is 6.88. The average molecular weight is 823 g/mol. The van der Waals surface area contributed by atoms with Crippen LogP contribution in [0.1, 0.15) is 53.1 Å². The normalized spacial score (nSPS) is 13.2. The molecule has 1 saturated heterocycles. The van der Waals surface area contributed by atoms with Crippen LogP contribution in [-0.4, -0.2) is 91.4 Å². The number of anilines is 5. The number of hydrogen-bond acceptors (Lipinski definition) is 12. The van der Waals surface area contributed by atoms with Gasteiger partial charge >= 0.3 is 0 Å².